The number of sulfone groups is 1. The standard InChI is InChI=1S/C13H14N2O5S/c1-3-9-4-5-10(6-11(9)13(16)17)21(18,19)7-12-14-8(2)20-15-12/h4-6H,3,7H2,1-2H3,(H,16,17). The predicted molar refractivity (Wildman–Crippen MR) is 72.7 cm³/mol. The fourth-order valence-electron chi connectivity index (χ4n) is 1.91. The maximum Gasteiger partial charge on any atom is 0.336 e. The van der Waals surface area contributed by atoms with Gasteiger partial charge in [-0.3, -0.25) is 0 Å². The van der Waals surface area contributed by atoms with E-state index in [0.717, 1.165) is 0 Å². The van der Waals surface area contributed by atoms with Gasteiger partial charge in [0.25, 0.3) is 0 Å². The van der Waals surface area contributed by atoms with Crippen molar-refractivity contribution in [3.63, 3.8) is 0 Å². The predicted octanol–water partition coefficient (Wildman–Crippen LogP) is 1.61. The Morgan fingerprint density at radius 3 is 2.62 bits per heavy atom. The van der Waals surface area contributed by atoms with Crippen molar-refractivity contribution in [3.05, 3.63) is 41.0 Å². The molecule has 0 amide bonds. The van der Waals surface area contributed by atoms with Gasteiger partial charge in [0.05, 0.1) is 10.5 Å². The molecule has 0 atom stereocenters. The van der Waals surface area contributed by atoms with Crippen LogP contribution in [0.2, 0.25) is 0 Å². The zero-order chi connectivity index (χ0) is 15.6. The fraction of sp³-hybridized carbons (Fsp3) is 0.308. The lowest BCUT2D eigenvalue weighted by molar-refractivity contribution is 0.0695. The van der Waals surface area contributed by atoms with Gasteiger partial charge in [-0.1, -0.05) is 18.1 Å². The van der Waals surface area contributed by atoms with Gasteiger partial charge in [-0.2, -0.15) is 4.98 Å². The Bertz CT molecular complexity index is 780. The summed E-state index contributed by atoms with van der Waals surface area (Å²) in [5.74, 6) is -1.27. The molecule has 2 aromatic rings. The molecule has 0 aliphatic rings. The van der Waals surface area contributed by atoms with E-state index in [-0.39, 0.29) is 22.2 Å². The molecule has 1 N–H and O–H groups in total. The molecular weight excluding hydrogens is 296 g/mol. The van der Waals surface area contributed by atoms with Crippen LogP contribution in [-0.4, -0.2) is 29.6 Å². The zero-order valence-electron chi connectivity index (χ0n) is 11.5. The Morgan fingerprint density at radius 1 is 1.38 bits per heavy atom. The van der Waals surface area contributed by atoms with Crippen molar-refractivity contribution >= 4 is 15.8 Å². The second kappa shape index (κ2) is 5.65. The largest absolute Gasteiger partial charge is 0.478 e. The highest BCUT2D eigenvalue weighted by Crippen LogP contribution is 2.20. The molecular formula is C13H14N2O5S. The molecule has 1 aromatic carbocycles. The SMILES string of the molecule is CCc1ccc(S(=O)(=O)Cc2noc(C)n2)cc1C(=O)O. The smallest absolute Gasteiger partial charge is 0.336 e. The topological polar surface area (TPSA) is 110 Å². The molecule has 0 aliphatic carbocycles. The van der Waals surface area contributed by atoms with Gasteiger partial charge < -0.3 is 9.63 Å². The third-order valence-corrected chi connectivity index (χ3v) is 4.55. The first kappa shape index (κ1) is 15.2. The number of aromatic carboxylic acids is 1. The summed E-state index contributed by atoms with van der Waals surface area (Å²) < 4.78 is 29.3. The minimum Gasteiger partial charge on any atom is -0.478 e. The number of aromatic nitrogens is 2. The third kappa shape index (κ3) is 3.27. The van der Waals surface area contributed by atoms with Crippen molar-refractivity contribution in [1.29, 1.82) is 0 Å². The van der Waals surface area contributed by atoms with Gasteiger partial charge in [-0.05, 0) is 24.1 Å². The molecule has 8 heteroatoms. The second-order valence-electron chi connectivity index (χ2n) is 4.47. The van der Waals surface area contributed by atoms with Crippen LogP contribution in [0.3, 0.4) is 0 Å². The van der Waals surface area contributed by atoms with Crippen LogP contribution in [0.15, 0.2) is 27.6 Å². The summed E-state index contributed by atoms with van der Waals surface area (Å²) in [6.45, 7) is 3.36. The van der Waals surface area contributed by atoms with Gasteiger partial charge in [-0.25, -0.2) is 13.2 Å². The summed E-state index contributed by atoms with van der Waals surface area (Å²) in [5.41, 5.74) is 0.569. The monoisotopic (exact) mass is 310 g/mol. The van der Waals surface area contributed by atoms with Crippen LogP contribution in [0.25, 0.3) is 0 Å². The van der Waals surface area contributed by atoms with Crippen LogP contribution < -0.4 is 0 Å². The van der Waals surface area contributed by atoms with E-state index in [2.05, 4.69) is 10.1 Å². The molecule has 112 valence electrons. The minimum absolute atomic E-state index is 0.0112. The van der Waals surface area contributed by atoms with Gasteiger partial charge in [0.2, 0.25) is 5.89 Å². The van der Waals surface area contributed by atoms with Crippen LogP contribution in [0.1, 0.15) is 34.6 Å². The van der Waals surface area contributed by atoms with E-state index < -0.39 is 21.6 Å². The average Bonchev–Trinajstić information content (AvgIpc) is 2.82. The van der Waals surface area contributed by atoms with Crippen LogP contribution in [0.5, 0.6) is 0 Å². The van der Waals surface area contributed by atoms with E-state index in [1.807, 2.05) is 0 Å². The normalized spacial score (nSPS) is 11.5. The Morgan fingerprint density at radius 2 is 2.10 bits per heavy atom. The van der Waals surface area contributed by atoms with E-state index in [1.54, 1.807) is 13.8 Å². The van der Waals surface area contributed by atoms with E-state index in [1.165, 1.54) is 18.2 Å². The molecule has 0 saturated carbocycles. The van der Waals surface area contributed by atoms with Crippen LogP contribution >= 0.6 is 0 Å². The highest BCUT2D eigenvalue weighted by Gasteiger charge is 2.21. The highest BCUT2D eigenvalue weighted by molar-refractivity contribution is 7.90. The van der Waals surface area contributed by atoms with E-state index in [9.17, 15) is 13.2 Å². The first-order valence-electron chi connectivity index (χ1n) is 6.21. The number of benzene rings is 1. The number of nitrogens with zero attached hydrogens (tertiary/aromatic N) is 2. The molecule has 0 aliphatic heterocycles. The summed E-state index contributed by atoms with van der Waals surface area (Å²) >= 11 is 0. The maximum absolute atomic E-state index is 12.3. The number of rotatable bonds is 5. The number of carbonyl (C=O) groups is 1. The lowest BCUT2D eigenvalue weighted by Gasteiger charge is -2.07. The number of aryl methyl sites for hydroxylation is 2. The number of carboxylic acids is 1. The maximum atomic E-state index is 12.3. The third-order valence-electron chi connectivity index (χ3n) is 2.94. The van der Waals surface area contributed by atoms with Crippen molar-refractivity contribution in [2.75, 3.05) is 0 Å². The summed E-state index contributed by atoms with van der Waals surface area (Å²) in [4.78, 5) is 15.0. The molecule has 0 fully saturated rings. The molecule has 1 aromatic heterocycles. The summed E-state index contributed by atoms with van der Waals surface area (Å²) in [5, 5.41) is 12.7. The van der Waals surface area contributed by atoms with Crippen molar-refractivity contribution in [3.8, 4) is 0 Å². The number of carboxylic acid groups (broad SMARTS) is 1. The Kier molecular flexibility index (Phi) is 4.08. The highest BCUT2D eigenvalue weighted by atomic mass is 32.2. The zero-order valence-corrected chi connectivity index (χ0v) is 12.3. The van der Waals surface area contributed by atoms with Crippen LogP contribution in [0, 0.1) is 6.92 Å². The van der Waals surface area contributed by atoms with Crippen molar-refractivity contribution < 1.29 is 22.8 Å². The molecule has 7 nitrogen and oxygen atoms in total. The molecule has 0 spiro atoms. The first-order chi connectivity index (χ1) is 9.83. The van der Waals surface area contributed by atoms with Gasteiger partial charge in [-0.15, -0.1) is 0 Å². The summed E-state index contributed by atoms with van der Waals surface area (Å²) in [6, 6.07) is 4.08. The van der Waals surface area contributed by atoms with Crippen LogP contribution in [0.4, 0.5) is 0 Å². The van der Waals surface area contributed by atoms with E-state index in [0.29, 0.717) is 12.0 Å². The second-order valence-corrected chi connectivity index (χ2v) is 6.46. The number of hydrogen-bond donors (Lipinski definition) is 1. The number of hydrogen-bond acceptors (Lipinski definition) is 6. The van der Waals surface area contributed by atoms with Crippen molar-refractivity contribution in [2.45, 2.75) is 30.9 Å². The van der Waals surface area contributed by atoms with Crippen LogP contribution in [-0.2, 0) is 22.0 Å². The van der Waals surface area contributed by atoms with E-state index in [4.69, 9.17) is 9.63 Å². The summed E-state index contributed by atoms with van der Waals surface area (Å²) in [6.07, 6.45) is 0.506. The fourth-order valence-corrected chi connectivity index (χ4v) is 3.11. The van der Waals surface area contributed by atoms with Gasteiger partial charge in [0.15, 0.2) is 15.7 Å². The lowest BCUT2D eigenvalue weighted by Crippen LogP contribution is -2.09. The average molecular weight is 310 g/mol. The summed E-state index contributed by atoms with van der Waals surface area (Å²) in [7, 11) is -3.73. The quantitative estimate of drug-likeness (QED) is 0.893. The Balaban J connectivity index is 2.40. The lowest BCUT2D eigenvalue weighted by atomic mass is 10.1. The first-order valence-corrected chi connectivity index (χ1v) is 7.87. The molecule has 0 saturated heterocycles. The van der Waals surface area contributed by atoms with Crippen molar-refractivity contribution in [2.24, 2.45) is 0 Å². The molecule has 0 radical (unpaired) electrons. The molecule has 2 rings (SSSR count). The van der Waals surface area contributed by atoms with Gasteiger partial charge in [0.1, 0.15) is 5.75 Å². The van der Waals surface area contributed by atoms with E-state index >= 15 is 0 Å². The molecule has 1 heterocycles. The minimum atomic E-state index is -3.73. The molecule has 0 unspecified atom stereocenters. The van der Waals surface area contributed by atoms with Gasteiger partial charge in [0, 0.05) is 6.92 Å². The Labute approximate surface area is 121 Å². The van der Waals surface area contributed by atoms with Gasteiger partial charge >= 0.3 is 5.97 Å². The van der Waals surface area contributed by atoms with Crippen molar-refractivity contribution in [1.82, 2.24) is 10.1 Å². The Hall–Kier alpha value is -2.22. The molecule has 0 bridgehead atoms. The molecule has 21 heavy (non-hydrogen) atoms.